The van der Waals surface area contributed by atoms with E-state index >= 15 is 0 Å². The number of benzene rings is 1. The second kappa shape index (κ2) is 12.2. The van der Waals surface area contributed by atoms with E-state index in [2.05, 4.69) is 26.8 Å². The van der Waals surface area contributed by atoms with Crippen LogP contribution in [0.3, 0.4) is 0 Å². The Morgan fingerprint density at radius 2 is 1.56 bits per heavy atom. The van der Waals surface area contributed by atoms with Crippen molar-refractivity contribution in [2.45, 2.75) is 57.6 Å². The molecule has 6 nitrogen and oxygen atoms in total. The lowest BCUT2D eigenvalue weighted by atomic mass is 10.1. The summed E-state index contributed by atoms with van der Waals surface area (Å²) < 4.78 is 11.6. The fraction of sp³-hybridized carbons (Fsp3) is 0.769. The van der Waals surface area contributed by atoms with Crippen molar-refractivity contribution < 1.29 is 14.6 Å². The molecule has 0 radical (unpaired) electrons. The van der Waals surface area contributed by atoms with Crippen molar-refractivity contribution in [3.63, 3.8) is 0 Å². The van der Waals surface area contributed by atoms with Crippen molar-refractivity contribution in [3.8, 4) is 11.5 Å². The number of hydrogen-bond donors (Lipinski definition) is 1. The maximum absolute atomic E-state index is 10.6. The zero-order valence-electron chi connectivity index (χ0n) is 20.0. The molecule has 1 unspecified atom stereocenters. The summed E-state index contributed by atoms with van der Waals surface area (Å²) in [6.45, 7) is 10.0. The van der Waals surface area contributed by atoms with Gasteiger partial charge in [-0.2, -0.15) is 0 Å². The summed E-state index contributed by atoms with van der Waals surface area (Å²) in [7, 11) is 1.68. The Balaban J connectivity index is 1.25. The van der Waals surface area contributed by atoms with E-state index in [0.29, 0.717) is 13.2 Å². The number of β-amino-alcohol motifs (C(OH)–C–C–N with tert-alkyl or cyclic N) is 1. The van der Waals surface area contributed by atoms with E-state index in [9.17, 15) is 5.11 Å². The predicted molar refractivity (Wildman–Crippen MR) is 128 cm³/mol. The van der Waals surface area contributed by atoms with Gasteiger partial charge in [-0.15, -0.1) is 0 Å². The molecule has 180 valence electrons. The highest BCUT2D eigenvalue weighted by Gasteiger charge is 2.26. The van der Waals surface area contributed by atoms with Gasteiger partial charge in [0.05, 0.1) is 7.11 Å². The largest absolute Gasteiger partial charge is 0.493 e. The first-order valence-corrected chi connectivity index (χ1v) is 12.8. The zero-order valence-corrected chi connectivity index (χ0v) is 20.0. The molecule has 1 N–H and O–H groups in total. The molecule has 3 fully saturated rings. The van der Waals surface area contributed by atoms with Gasteiger partial charge < -0.3 is 24.4 Å². The van der Waals surface area contributed by atoms with E-state index in [1.165, 1.54) is 70.1 Å². The van der Waals surface area contributed by atoms with Gasteiger partial charge in [0.15, 0.2) is 11.5 Å². The maximum Gasteiger partial charge on any atom is 0.161 e. The number of likely N-dealkylation sites (tertiary alicyclic amines) is 1. The molecule has 1 aliphatic carbocycles. The number of aliphatic hydroxyl groups is 1. The van der Waals surface area contributed by atoms with Crippen LogP contribution in [0.15, 0.2) is 18.2 Å². The summed E-state index contributed by atoms with van der Waals surface area (Å²) >= 11 is 0. The molecular weight excluding hydrogens is 402 g/mol. The first-order chi connectivity index (χ1) is 15.7. The average molecular weight is 446 g/mol. The monoisotopic (exact) mass is 445 g/mol. The SMILES string of the molecule is COc1ccc(CN2CCN(CC3CC3)CC2)cc1OCC(O)CN1CCCCCCC1. The second-order valence-electron chi connectivity index (χ2n) is 10.0. The second-order valence-corrected chi connectivity index (χ2v) is 10.0. The summed E-state index contributed by atoms with van der Waals surface area (Å²) in [5.41, 5.74) is 1.25. The summed E-state index contributed by atoms with van der Waals surface area (Å²) in [4.78, 5) is 7.56. The summed E-state index contributed by atoms with van der Waals surface area (Å²) in [5.74, 6) is 2.45. The molecule has 1 aromatic rings. The minimum atomic E-state index is -0.484. The number of methoxy groups -OCH3 is 1. The molecule has 1 atom stereocenters. The van der Waals surface area contributed by atoms with E-state index < -0.39 is 6.10 Å². The molecule has 2 heterocycles. The Morgan fingerprint density at radius 3 is 2.25 bits per heavy atom. The lowest BCUT2D eigenvalue weighted by Crippen LogP contribution is -2.46. The van der Waals surface area contributed by atoms with E-state index in [1.807, 2.05) is 6.07 Å². The third kappa shape index (κ3) is 7.62. The van der Waals surface area contributed by atoms with E-state index in [4.69, 9.17) is 9.47 Å². The quantitative estimate of drug-likeness (QED) is 0.597. The van der Waals surface area contributed by atoms with Crippen LogP contribution in [0.1, 0.15) is 50.5 Å². The molecule has 1 aromatic carbocycles. The number of nitrogens with zero attached hydrogens (tertiary/aromatic N) is 3. The zero-order chi connectivity index (χ0) is 22.2. The topological polar surface area (TPSA) is 48.4 Å². The number of piperazine rings is 1. The molecule has 2 saturated heterocycles. The van der Waals surface area contributed by atoms with Crippen LogP contribution in [-0.2, 0) is 6.54 Å². The van der Waals surface area contributed by atoms with Crippen molar-refractivity contribution >= 4 is 0 Å². The van der Waals surface area contributed by atoms with Crippen LogP contribution in [0.4, 0.5) is 0 Å². The van der Waals surface area contributed by atoms with Crippen molar-refractivity contribution in [2.24, 2.45) is 5.92 Å². The lowest BCUT2D eigenvalue weighted by Gasteiger charge is -2.34. The summed E-state index contributed by atoms with van der Waals surface area (Å²) in [5, 5.41) is 10.6. The Labute approximate surface area is 194 Å². The van der Waals surface area contributed by atoms with Crippen LogP contribution in [0, 0.1) is 5.92 Å². The third-order valence-corrected chi connectivity index (χ3v) is 7.16. The van der Waals surface area contributed by atoms with Gasteiger partial charge in [0.25, 0.3) is 0 Å². The van der Waals surface area contributed by atoms with Crippen LogP contribution in [0.5, 0.6) is 11.5 Å². The lowest BCUT2D eigenvalue weighted by molar-refractivity contribution is 0.0644. The van der Waals surface area contributed by atoms with Gasteiger partial charge in [0.1, 0.15) is 12.7 Å². The third-order valence-electron chi connectivity index (χ3n) is 7.16. The van der Waals surface area contributed by atoms with E-state index in [1.54, 1.807) is 7.11 Å². The van der Waals surface area contributed by atoms with Crippen molar-refractivity contribution in [1.29, 1.82) is 0 Å². The maximum atomic E-state index is 10.6. The molecular formula is C26H43N3O3. The molecule has 1 saturated carbocycles. The molecule has 32 heavy (non-hydrogen) atoms. The van der Waals surface area contributed by atoms with E-state index in [-0.39, 0.29) is 0 Å². The number of aliphatic hydroxyl groups excluding tert-OH is 1. The van der Waals surface area contributed by atoms with Gasteiger partial charge in [-0.25, -0.2) is 0 Å². The average Bonchev–Trinajstić information content (AvgIpc) is 3.60. The van der Waals surface area contributed by atoms with Gasteiger partial charge >= 0.3 is 0 Å². The number of rotatable bonds is 10. The molecule has 3 aliphatic rings. The predicted octanol–water partition coefficient (Wildman–Crippen LogP) is 3.23. The molecule has 0 bridgehead atoms. The van der Waals surface area contributed by atoms with Crippen LogP contribution < -0.4 is 9.47 Å². The molecule has 4 rings (SSSR count). The Hall–Kier alpha value is -1.34. The Bertz CT molecular complexity index is 681. The van der Waals surface area contributed by atoms with Crippen LogP contribution in [0.2, 0.25) is 0 Å². The van der Waals surface area contributed by atoms with Crippen molar-refractivity contribution in [3.05, 3.63) is 23.8 Å². The Kier molecular flexibility index (Phi) is 9.09. The highest BCUT2D eigenvalue weighted by molar-refractivity contribution is 5.43. The first kappa shape index (κ1) is 23.8. The van der Waals surface area contributed by atoms with Gasteiger partial charge in [-0.1, -0.05) is 25.3 Å². The van der Waals surface area contributed by atoms with Crippen LogP contribution in [-0.4, -0.2) is 92.0 Å². The molecule has 0 amide bonds. The fourth-order valence-electron chi connectivity index (χ4n) is 5.02. The Morgan fingerprint density at radius 1 is 0.875 bits per heavy atom. The highest BCUT2D eigenvalue weighted by Crippen LogP contribution is 2.31. The number of hydrogen-bond acceptors (Lipinski definition) is 6. The normalized spacial score (nSPS) is 22.8. The fourth-order valence-corrected chi connectivity index (χ4v) is 5.02. The van der Waals surface area contributed by atoms with E-state index in [0.717, 1.165) is 50.1 Å². The molecule has 0 spiro atoms. The smallest absolute Gasteiger partial charge is 0.161 e. The molecule has 6 heteroatoms. The van der Waals surface area contributed by atoms with Crippen LogP contribution in [0.25, 0.3) is 0 Å². The van der Waals surface area contributed by atoms with Crippen molar-refractivity contribution in [1.82, 2.24) is 14.7 Å². The van der Waals surface area contributed by atoms with Gasteiger partial charge in [0.2, 0.25) is 0 Å². The molecule has 2 aliphatic heterocycles. The highest BCUT2D eigenvalue weighted by atomic mass is 16.5. The molecule has 0 aromatic heterocycles. The standard InChI is InChI=1S/C26H43N3O3/c1-31-25-10-9-23(19-29-15-13-28(14-16-29)18-22-7-8-22)17-26(25)32-21-24(30)20-27-11-5-3-2-4-6-12-27/h9-10,17,22,24,30H,2-8,11-16,18-21H2,1H3. The van der Waals surface area contributed by atoms with Crippen LogP contribution >= 0.6 is 0 Å². The minimum absolute atomic E-state index is 0.302. The van der Waals surface area contributed by atoms with Gasteiger partial charge in [0, 0.05) is 45.8 Å². The van der Waals surface area contributed by atoms with Gasteiger partial charge in [-0.05, 0) is 62.4 Å². The number of ether oxygens (including phenoxy) is 2. The van der Waals surface area contributed by atoms with Crippen molar-refractivity contribution in [2.75, 3.05) is 66.1 Å². The summed E-state index contributed by atoms with van der Waals surface area (Å²) in [6.07, 6.45) is 8.82. The summed E-state index contributed by atoms with van der Waals surface area (Å²) in [6, 6.07) is 6.23. The minimum Gasteiger partial charge on any atom is -0.493 e. The van der Waals surface area contributed by atoms with Gasteiger partial charge in [-0.3, -0.25) is 4.90 Å². The first-order valence-electron chi connectivity index (χ1n) is 12.8.